The smallest absolute Gasteiger partial charge is 0.322 e. The van der Waals surface area contributed by atoms with E-state index in [9.17, 15) is 18.3 Å². The van der Waals surface area contributed by atoms with Crippen molar-refractivity contribution in [2.24, 2.45) is 0 Å². The zero-order chi connectivity index (χ0) is 14.2. The molecule has 0 spiro atoms. The van der Waals surface area contributed by atoms with Gasteiger partial charge < -0.3 is 10.2 Å². The van der Waals surface area contributed by atoms with Gasteiger partial charge in [-0.3, -0.25) is 4.79 Å². The van der Waals surface area contributed by atoms with Crippen molar-refractivity contribution in [3.05, 3.63) is 29.8 Å². The molecule has 104 valence electrons. The minimum atomic E-state index is -3.89. The van der Waals surface area contributed by atoms with Crippen LogP contribution in [0, 0.1) is 6.92 Å². The SMILES string of the molecule is Cc1ccc(S(=O)(=O)N2C[C@H](O)C[C@@H]2C(=O)O)cc1. The maximum atomic E-state index is 12.4. The van der Waals surface area contributed by atoms with Crippen LogP contribution >= 0.6 is 0 Å². The Morgan fingerprint density at radius 1 is 1.32 bits per heavy atom. The molecule has 1 aliphatic rings. The van der Waals surface area contributed by atoms with Crippen molar-refractivity contribution in [2.45, 2.75) is 30.4 Å². The molecule has 0 bridgehead atoms. The zero-order valence-corrected chi connectivity index (χ0v) is 11.2. The lowest BCUT2D eigenvalue weighted by Gasteiger charge is -2.20. The fraction of sp³-hybridized carbons (Fsp3) is 0.417. The Kier molecular flexibility index (Phi) is 3.62. The number of carboxylic acids is 1. The van der Waals surface area contributed by atoms with Crippen molar-refractivity contribution < 1.29 is 23.4 Å². The van der Waals surface area contributed by atoms with Gasteiger partial charge in [0.1, 0.15) is 6.04 Å². The Labute approximate surface area is 111 Å². The van der Waals surface area contributed by atoms with Gasteiger partial charge in [0.15, 0.2) is 0 Å². The van der Waals surface area contributed by atoms with Gasteiger partial charge in [0.05, 0.1) is 11.0 Å². The number of sulfonamides is 1. The number of hydrogen-bond donors (Lipinski definition) is 2. The molecular formula is C12H15NO5S. The summed E-state index contributed by atoms with van der Waals surface area (Å²) in [7, 11) is -3.89. The van der Waals surface area contributed by atoms with Crippen LogP contribution in [0.3, 0.4) is 0 Å². The number of hydrogen-bond acceptors (Lipinski definition) is 4. The molecule has 1 aliphatic heterocycles. The molecule has 1 fully saturated rings. The van der Waals surface area contributed by atoms with Gasteiger partial charge in [-0.1, -0.05) is 17.7 Å². The van der Waals surface area contributed by atoms with Crippen molar-refractivity contribution in [3.63, 3.8) is 0 Å². The van der Waals surface area contributed by atoms with E-state index in [1.807, 2.05) is 6.92 Å². The predicted molar refractivity (Wildman–Crippen MR) is 67.1 cm³/mol. The second-order valence-corrected chi connectivity index (χ2v) is 6.52. The van der Waals surface area contributed by atoms with Crippen molar-refractivity contribution in [3.8, 4) is 0 Å². The number of aliphatic hydroxyl groups is 1. The normalized spacial score (nSPS) is 24.5. The van der Waals surface area contributed by atoms with Crippen LogP contribution in [-0.2, 0) is 14.8 Å². The molecule has 1 saturated heterocycles. The van der Waals surface area contributed by atoms with Crippen LogP contribution in [0.25, 0.3) is 0 Å². The summed E-state index contributed by atoms with van der Waals surface area (Å²) in [5, 5.41) is 18.5. The first-order chi connectivity index (χ1) is 8.82. The molecule has 7 heteroatoms. The highest BCUT2D eigenvalue weighted by Crippen LogP contribution is 2.26. The van der Waals surface area contributed by atoms with Crippen molar-refractivity contribution in [2.75, 3.05) is 6.54 Å². The van der Waals surface area contributed by atoms with Crippen LogP contribution in [0.1, 0.15) is 12.0 Å². The molecular weight excluding hydrogens is 270 g/mol. The van der Waals surface area contributed by atoms with Gasteiger partial charge in [-0.05, 0) is 19.1 Å². The molecule has 6 nitrogen and oxygen atoms in total. The second kappa shape index (κ2) is 4.92. The van der Waals surface area contributed by atoms with Crippen LogP contribution in [-0.4, -0.2) is 47.6 Å². The molecule has 19 heavy (non-hydrogen) atoms. The molecule has 1 aromatic carbocycles. The summed E-state index contributed by atoms with van der Waals surface area (Å²) < 4.78 is 25.6. The lowest BCUT2D eigenvalue weighted by molar-refractivity contribution is -0.140. The molecule has 1 heterocycles. The van der Waals surface area contributed by atoms with Crippen molar-refractivity contribution >= 4 is 16.0 Å². The number of benzene rings is 1. The minimum Gasteiger partial charge on any atom is -0.480 e. The standard InChI is InChI=1S/C12H15NO5S/c1-8-2-4-10(5-3-8)19(17,18)13-7-9(14)6-11(13)12(15)16/h2-5,9,11,14H,6-7H2,1H3,(H,15,16)/t9-,11-/m1/s1. The predicted octanol–water partition coefficient (Wildman–Crippen LogP) is 0.204. The summed E-state index contributed by atoms with van der Waals surface area (Å²) >= 11 is 0. The van der Waals surface area contributed by atoms with Crippen LogP contribution in [0.2, 0.25) is 0 Å². The Balaban J connectivity index is 2.38. The number of β-amino-alcohol motifs (C(OH)–C–C–N with tert-alkyl or cyclic N) is 1. The number of aliphatic carboxylic acids is 1. The number of rotatable bonds is 3. The lowest BCUT2D eigenvalue weighted by Crippen LogP contribution is -2.40. The highest BCUT2D eigenvalue weighted by molar-refractivity contribution is 7.89. The number of carboxylic acid groups (broad SMARTS) is 1. The fourth-order valence-electron chi connectivity index (χ4n) is 2.12. The minimum absolute atomic E-state index is 0.0402. The summed E-state index contributed by atoms with van der Waals surface area (Å²) in [6.07, 6.45) is -1.03. The van der Waals surface area contributed by atoms with Crippen molar-refractivity contribution in [1.29, 1.82) is 0 Å². The van der Waals surface area contributed by atoms with Gasteiger partial charge in [-0.15, -0.1) is 0 Å². The maximum Gasteiger partial charge on any atom is 0.322 e. The van der Waals surface area contributed by atoms with E-state index < -0.39 is 28.1 Å². The van der Waals surface area contributed by atoms with E-state index in [2.05, 4.69) is 0 Å². The molecule has 1 aromatic rings. The second-order valence-electron chi connectivity index (χ2n) is 4.63. The molecule has 0 aromatic heterocycles. The van der Waals surface area contributed by atoms with Crippen molar-refractivity contribution in [1.82, 2.24) is 4.31 Å². The topological polar surface area (TPSA) is 94.9 Å². The van der Waals surface area contributed by atoms with Gasteiger partial charge in [-0.25, -0.2) is 8.42 Å². The first-order valence-corrected chi connectivity index (χ1v) is 7.26. The highest BCUT2D eigenvalue weighted by atomic mass is 32.2. The van der Waals surface area contributed by atoms with E-state index in [1.165, 1.54) is 12.1 Å². The average molecular weight is 285 g/mol. The van der Waals surface area contributed by atoms with Crippen LogP contribution < -0.4 is 0 Å². The first kappa shape index (κ1) is 14.0. The molecule has 0 amide bonds. The van der Waals surface area contributed by atoms with Gasteiger partial charge in [0.25, 0.3) is 0 Å². The maximum absolute atomic E-state index is 12.4. The molecule has 2 rings (SSSR count). The van der Waals surface area contributed by atoms with Gasteiger partial charge in [0, 0.05) is 13.0 Å². The van der Waals surface area contributed by atoms with Crippen LogP contribution in [0.5, 0.6) is 0 Å². The Morgan fingerprint density at radius 3 is 2.42 bits per heavy atom. The molecule has 2 N–H and O–H groups in total. The van der Waals surface area contributed by atoms with Gasteiger partial charge >= 0.3 is 5.97 Å². The van der Waals surface area contributed by atoms with Gasteiger partial charge in [-0.2, -0.15) is 4.31 Å². The number of nitrogens with zero attached hydrogens (tertiary/aromatic N) is 1. The largest absolute Gasteiger partial charge is 0.480 e. The quantitative estimate of drug-likeness (QED) is 0.827. The molecule has 0 aliphatic carbocycles. The van der Waals surface area contributed by atoms with E-state index >= 15 is 0 Å². The van der Waals surface area contributed by atoms with E-state index in [0.29, 0.717) is 0 Å². The number of aryl methyl sites for hydroxylation is 1. The summed E-state index contributed by atoms with van der Waals surface area (Å²) in [4.78, 5) is 11.1. The van der Waals surface area contributed by atoms with Crippen LogP contribution in [0.4, 0.5) is 0 Å². The van der Waals surface area contributed by atoms with E-state index in [1.54, 1.807) is 12.1 Å². The van der Waals surface area contributed by atoms with E-state index in [-0.39, 0.29) is 17.9 Å². The molecule has 0 unspecified atom stereocenters. The summed E-state index contributed by atoms with van der Waals surface area (Å²) in [5.74, 6) is -1.24. The first-order valence-electron chi connectivity index (χ1n) is 5.82. The molecule has 2 atom stereocenters. The summed E-state index contributed by atoms with van der Waals surface area (Å²) in [6, 6.07) is 4.97. The zero-order valence-electron chi connectivity index (χ0n) is 10.4. The summed E-state index contributed by atoms with van der Waals surface area (Å²) in [5.41, 5.74) is 0.912. The van der Waals surface area contributed by atoms with E-state index in [4.69, 9.17) is 5.11 Å². The Morgan fingerprint density at radius 2 is 1.89 bits per heavy atom. The highest BCUT2D eigenvalue weighted by Gasteiger charge is 2.43. The monoisotopic (exact) mass is 285 g/mol. The molecule has 0 saturated carbocycles. The Bertz CT molecular complexity index is 581. The number of carbonyl (C=O) groups is 1. The number of aliphatic hydroxyl groups excluding tert-OH is 1. The third-order valence-corrected chi connectivity index (χ3v) is 5.04. The third-order valence-electron chi connectivity index (χ3n) is 3.15. The lowest BCUT2D eigenvalue weighted by atomic mass is 10.2. The fourth-order valence-corrected chi connectivity index (χ4v) is 3.75. The average Bonchev–Trinajstić information content (AvgIpc) is 2.73. The summed E-state index contributed by atoms with van der Waals surface area (Å²) in [6.45, 7) is 1.64. The van der Waals surface area contributed by atoms with E-state index in [0.717, 1.165) is 9.87 Å². The van der Waals surface area contributed by atoms with Gasteiger partial charge in [0.2, 0.25) is 10.0 Å². The Hall–Kier alpha value is -1.44. The molecule has 0 radical (unpaired) electrons. The third kappa shape index (κ3) is 2.63. The van der Waals surface area contributed by atoms with Crippen LogP contribution in [0.15, 0.2) is 29.2 Å².